The number of carbonyl (C=O) groups is 1. The molecule has 1 saturated carbocycles. The van der Waals surface area contributed by atoms with Gasteiger partial charge in [-0.15, -0.1) is 0 Å². The van der Waals surface area contributed by atoms with Crippen LogP contribution in [0.2, 0.25) is 0 Å². The van der Waals surface area contributed by atoms with Gasteiger partial charge < -0.3 is 10.2 Å². The number of hydrogen-bond acceptors (Lipinski definition) is 3. The largest absolute Gasteiger partial charge is 0.374 e. The number of likely N-dealkylation sites (N-methyl/N-ethyl adjacent to an activating group) is 1. The molecule has 2 heterocycles. The van der Waals surface area contributed by atoms with Crippen molar-refractivity contribution in [3.8, 4) is 0 Å². The summed E-state index contributed by atoms with van der Waals surface area (Å²) in [6, 6.07) is 7.25. The van der Waals surface area contributed by atoms with Gasteiger partial charge >= 0.3 is 0 Å². The first kappa shape index (κ1) is 15.0. The van der Waals surface area contributed by atoms with Crippen LogP contribution < -0.4 is 10.2 Å². The quantitative estimate of drug-likeness (QED) is 0.906. The molecule has 1 saturated heterocycles. The van der Waals surface area contributed by atoms with E-state index in [1.807, 2.05) is 0 Å². The third kappa shape index (κ3) is 3.09. The lowest BCUT2D eigenvalue weighted by Crippen LogP contribution is -2.37. The van der Waals surface area contributed by atoms with Crippen LogP contribution in [-0.2, 0) is 11.2 Å². The van der Waals surface area contributed by atoms with Gasteiger partial charge in [-0.3, -0.25) is 9.69 Å². The summed E-state index contributed by atoms with van der Waals surface area (Å²) in [7, 11) is 2.17. The molecule has 0 unspecified atom stereocenters. The van der Waals surface area contributed by atoms with Crippen LogP contribution in [-0.4, -0.2) is 44.0 Å². The van der Waals surface area contributed by atoms with Crippen LogP contribution in [0.3, 0.4) is 0 Å². The SMILES string of the molecule is CN1CCc2cc([C@@H](CNC(=O)C3CC3)N3CCCC3)ccc21. The second kappa shape index (κ2) is 6.16. The van der Waals surface area contributed by atoms with Crippen molar-refractivity contribution in [3.05, 3.63) is 29.3 Å². The van der Waals surface area contributed by atoms with Crippen LogP contribution in [0, 0.1) is 5.92 Å². The molecule has 0 spiro atoms. The van der Waals surface area contributed by atoms with E-state index in [1.54, 1.807) is 0 Å². The highest BCUT2D eigenvalue weighted by Gasteiger charge is 2.31. The summed E-state index contributed by atoms with van der Waals surface area (Å²) in [4.78, 5) is 16.9. The Balaban J connectivity index is 1.53. The molecule has 2 fully saturated rings. The fourth-order valence-electron chi connectivity index (χ4n) is 3.99. The van der Waals surface area contributed by atoms with E-state index in [2.05, 4.69) is 40.4 Å². The van der Waals surface area contributed by atoms with Crippen molar-refractivity contribution in [1.82, 2.24) is 10.2 Å². The highest BCUT2D eigenvalue weighted by atomic mass is 16.2. The molecule has 2 aliphatic heterocycles. The maximum absolute atomic E-state index is 12.0. The van der Waals surface area contributed by atoms with Gasteiger partial charge in [0.2, 0.25) is 5.91 Å². The zero-order chi connectivity index (χ0) is 15.8. The summed E-state index contributed by atoms with van der Waals surface area (Å²) >= 11 is 0. The molecule has 124 valence electrons. The number of amides is 1. The van der Waals surface area contributed by atoms with Gasteiger partial charge in [0, 0.05) is 31.7 Å². The molecule has 0 bridgehead atoms. The lowest BCUT2D eigenvalue weighted by Gasteiger charge is -2.29. The molecular formula is C19H27N3O. The maximum Gasteiger partial charge on any atom is 0.223 e. The first-order valence-electron chi connectivity index (χ1n) is 9.08. The zero-order valence-electron chi connectivity index (χ0n) is 14.1. The number of fused-ring (bicyclic) bond motifs is 1. The van der Waals surface area contributed by atoms with Crippen molar-refractivity contribution < 1.29 is 4.79 Å². The number of nitrogens with one attached hydrogen (secondary N) is 1. The molecule has 1 aliphatic carbocycles. The zero-order valence-corrected chi connectivity index (χ0v) is 14.1. The number of benzene rings is 1. The summed E-state index contributed by atoms with van der Waals surface area (Å²) in [5.74, 6) is 0.554. The fourth-order valence-corrected chi connectivity index (χ4v) is 3.99. The van der Waals surface area contributed by atoms with Gasteiger partial charge in [-0.05, 0) is 62.4 Å². The van der Waals surface area contributed by atoms with Gasteiger partial charge in [-0.1, -0.05) is 12.1 Å². The van der Waals surface area contributed by atoms with Crippen LogP contribution in [0.15, 0.2) is 18.2 Å². The maximum atomic E-state index is 12.0. The number of nitrogens with zero attached hydrogens (tertiary/aromatic N) is 2. The summed E-state index contributed by atoms with van der Waals surface area (Å²) in [6.07, 6.45) is 5.85. The van der Waals surface area contributed by atoms with E-state index in [9.17, 15) is 4.79 Å². The molecule has 4 rings (SSSR count). The number of rotatable bonds is 5. The average Bonchev–Trinajstić information content (AvgIpc) is 3.16. The standard InChI is InChI=1S/C19H27N3O/c1-21-11-8-16-12-15(6-7-17(16)21)18(22-9-2-3-10-22)13-20-19(23)14-4-5-14/h6-7,12,14,18H,2-5,8-11,13H2,1H3,(H,20,23)/t18-/m1/s1. The highest BCUT2D eigenvalue weighted by Crippen LogP contribution is 2.33. The van der Waals surface area contributed by atoms with Gasteiger partial charge in [0.05, 0.1) is 6.04 Å². The van der Waals surface area contributed by atoms with Crippen molar-refractivity contribution in [2.24, 2.45) is 5.92 Å². The summed E-state index contributed by atoms with van der Waals surface area (Å²) in [5.41, 5.74) is 4.20. The van der Waals surface area contributed by atoms with Gasteiger partial charge in [-0.2, -0.15) is 0 Å². The Kier molecular flexibility index (Phi) is 4.02. The van der Waals surface area contributed by atoms with Crippen molar-refractivity contribution in [3.63, 3.8) is 0 Å². The summed E-state index contributed by atoms with van der Waals surface area (Å²) < 4.78 is 0. The molecular weight excluding hydrogens is 286 g/mol. The topological polar surface area (TPSA) is 35.6 Å². The molecule has 4 heteroatoms. The monoisotopic (exact) mass is 313 g/mol. The van der Waals surface area contributed by atoms with E-state index in [-0.39, 0.29) is 5.91 Å². The average molecular weight is 313 g/mol. The molecule has 1 aromatic carbocycles. The summed E-state index contributed by atoms with van der Waals surface area (Å²) in [6.45, 7) is 4.18. The minimum absolute atomic E-state index is 0.259. The van der Waals surface area contributed by atoms with E-state index in [0.29, 0.717) is 12.0 Å². The van der Waals surface area contributed by atoms with Gasteiger partial charge in [0.25, 0.3) is 0 Å². The fraction of sp³-hybridized carbons (Fsp3) is 0.632. The molecule has 1 amide bonds. The van der Waals surface area contributed by atoms with Gasteiger partial charge in [0.1, 0.15) is 0 Å². The Morgan fingerprint density at radius 3 is 2.78 bits per heavy atom. The van der Waals surface area contributed by atoms with Crippen LogP contribution in [0.4, 0.5) is 5.69 Å². The van der Waals surface area contributed by atoms with E-state index in [4.69, 9.17) is 0 Å². The first-order valence-corrected chi connectivity index (χ1v) is 9.08. The number of anilines is 1. The molecule has 1 atom stereocenters. The minimum atomic E-state index is 0.259. The predicted molar refractivity (Wildman–Crippen MR) is 92.7 cm³/mol. The predicted octanol–water partition coefficient (Wildman–Crippen LogP) is 2.34. The number of carbonyl (C=O) groups excluding carboxylic acids is 1. The minimum Gasteiger partial charge on any atom is -0.374 e. The highest BCUT2D eigenvalue weighted by molar-refractivity contribution is 5.80. The second-order valence-electron chi connectivity index (χ2n) is 7.34. The van der Waals surface area contributed by atoms with Crippen LogP contribution in [0.1, 0.15) is 42.9 Å². The van der Waals surface area contributed by atoms with Gasteiger partial charge in [0.15, 0.2) is 0 Å². The molecule has 0 radical (unpaired) electrons. The Morgan fingerprint density at radius 1 is 1.26 bits per heavy atom. The Bertz CT molecular complexity index is 590. The molecule has 23 heavy (non-hydrogen) atoms. The third-order valence-electron chi connectivity index (χ3n) is 5.62. The second-order valence-corrected chi connectivity index (χ2v) is 7.34. The molecule has 1 N–H and O–H groups in total. The third-order valence-corrected chi connectivity index (χ3v) is 5.62. The number of likely N-dealkylation sites (tertiary alicyclic amines) is 1. The smallest absolute Gasteiger partial charge is 0.223 e. The van der Waals surface area contributed by atoms with Crippen LogP contribution in [0.5, 0.6) is 0 Å². The molecule has 4 nitrogen and oxygen atoms in total. The normalized spacial score (nSPS) is 22.2. The van der Waals surface area contributed by atoms with E-state index < -0.39 is 0 Å². The van der Waals surface area contributed by atoms with Crippen LogP contribution in [0.25, 0.3) is 0 Å². The lowest BCUT2D eigenvalue weighted by atomic mass is 10.0. The van der Waals surface area contributed by atoms with Crippen molar-refractivity contribution in [2.75, 3.05) is 38.1 Å². The van der Waals surface area contributed by atoms with Crippen molar-refractivity contribution in [2.45, 2.75) is 38.1 Å². The molecule has 0 aromatic heterocycles. The summed E-state index contributed by atoms with van der Waals surface area (Å²) in [5, 5.41) is 3.21. The van der Waals surface area contributed by atoms with E-state index >= 15 is 0 Å². The van der Waals surface area contributed by atoms with Crippen LogP contribution >= 0.6 is 0 Å². The Morgan fingerprint density at radius 2 is 2.04 bits per heavy atom. The van der Waals surface area contributed by atoms with E-state index in [0.717, 1.165) is 45.4 Å². The van der Waals surface area contributed by atoms with Crippen molar-refractivity contribution >= 4 is 11.6 Å². The number of hydrogen-bond donors (Lipinski definition) is 1. The lowest BCUT2D eigenvalue weighted by molar-refractivity contribution is -0.122. The van der Waals surface area contributed by atoms with Gasteiger partial charge in [-0.25, -0.2) is 0 Å². The Labute approximate surface area is 138 Å². The molecule has 1 aromatic rings. The van der Waals surface area contributed by atoms with E-state index in [1.165, 1.54) is 29.7 Å². The Hall–Kier alpha value is -1.55. The van der Waals surface area contributed by atoms with Crippen molar-refractivity contribution in [1.29, 1.82) is 0 Å². The molecule has 3 aliphatic rings. The first-order chi connectivity index (χ1) is 11.2.